The lowest BCUT2D eigenvalue weighted by molar-refractivity contribution is 0.669. The highest BCUT2D eigenvalue weighted by Crippen LogP contribution is 2.44. The van der Waals surface area contributed by atoms with E-state index in [0.29, 0.717) is 22.1 Å². The molecule has 4 heteroatoms. The molecule has 0 atom stereocenters. The van der Waals surface area contributed by atoms with Crippen LogP contribution in [0.25, 0.3) is 82.8 Å². The van der Waals surface area contributed by atoms with Gasteiger partial charge >= 0.3 is 0 Å². The van der Waals surface area contributed by atoms with E-state index in [1.165, 1.54) is 22.3 Å². The predicted molar refractivity (Wildman–Crippen MR) is 205 cm³/mol. The predicted octanol–water partition coefficient (Wildman–Crippen LogP) is 12.5. The number of aromatic nitrogens is 3. The normalized spacial score (nSPS) is 13.3. The number of nitrogens with zero attached hydrogens (tertiary/aromatic N) is 3. The first-order valence-electron chi connectivity index (χ1n) is 18.5. The highest BCUT2D eigenvalue weighted by atomic mass is 16.3. The molecular weight excluding hydrogens is 599 g/mol. The van der Waals surface area contributed by atoms with Crippen LogP contribution >= 0.6 is 0 Å². The van der Waals surface area contributed by atoms with Crippen LogP contribution in [0, 0.1) is 6.85 Å². The fourth-order valence-corrected chi connectivity index (χ4v) is 7.55. The maximum Gasteiger partial charge on any atom is 0.149 e. The Kier molecular flexibility index (Phi) is 5.98. The molecular formula is C45H37N3O. The number of imidazole rings is 1. The van der Waals surface area contributed by atoms with Gasteiger partial charge < -0.3 is 4.42 Å². The summed E-state index contributed by atoms with van der Waals surface area (Å²) in [6.45, 7) is 6.65. The van der Waals surface area contributed by atoms with Gasteiger partial charge in [0.1, 0.15) is 17.0 Å². The van der Waals surface area contributed by atoms with Crippen LogP contribution in [0.1, 0.15) is 60.5 Å². The zero-order valence-corrected chi connectivity index (χ0v) is 28.0. The van der Waals surface area contributed by atoms with Gasteiger partial charge in [-0.1, -0.05) is 100 Å². The van der Waals surface area contributed by atoms with Crippen molar-refractivity contribution in [1.82, 2.24) is 14.5 Å². The summed E-state index contributed by atoms with van der Waals surface area (Å²) in [5.74, 6) is 1.25. The molecule has 0 saturated carbocycles. The Morgan fingerprint density at radius 2 is 1.31 bits per heavy atom. The average molecular weight is 639 g/mol. The number of aryl methyl sites for hydroxylation is 1. The topological polar surface area (TPSA) is 43.9 Å². The lowest BCUT2D eigenvalue weighted by Crippen LogP contribution is -2.09. The van der Waals surface area contributed by atoms with Crippen molar-refractivity contribution in [3.8, 4) is 28.2 Å². The first kappa shape index (κ1) is 26.2. The molecule has 0 fully saturated rings. The van der Waals surface area contributed by atoms with Crippen molar-refractivity contribution in [3.05, 3.63) is 138 Å². The van der Waals surface area contributed by atoms with Crippen LogP contribution in [0.3, 0.4) is 0 Å². The maximum absolute atomic E-state index is 8.36. The Morgan fingerprint density at radius 1 is 0.612 bits per heavy atom. The molecule has 0 aliphatic heterocycles. The zero-order chi connectivity index (χ0) is 35.9. The number of pyridine rings is 1. The number of furan rings is 1. The molecule has 0 N–H and O–H groups in total. The smallest absolute Gasteiger partial charge is 0.149 e. The Balaban J connectivity index is 1.39. The van der Waals surface area contributed by atoms with Gasteiger partial charge in [0.15, 0.2) is 0 Å². The molecule has 9 aromatic rings. The Morgan fingerprint density at radius 3 is 2.06 bits per heavy atom. The highest BCUT2D eigenvalue weighted by Gasteiger charge is 2.26. The van der Waals surface area contributed by atoms with Gasteiger partial charge in [-0.2, -0.15) is 0 Å². The number of hydrogen-bond donors (Lipinski definition) is 0. The van der Waals surface area contributed by atoms with Crippen LogP contribution in [-0.4, -0.2) is 14.5 Å². The van der Waals surface area contributed by atoms with Crippen LogP contribution in [0.15, 0.2) is 126 Å². The molecule has 0 amide bonds. The summed E-state index contributed by atoms with van der Waals surface area (Å²) in [7, 11) is 0. The van der Waals surface area contributed by atoms with Crippen molar-refractivity contribution in [2.75, 3.05) is 0 Å². The first-order valence-corrected chi connectivity index (χ1v) is 17.0. The third-order valence-electron chi connectivity index (χ3n) is 9.87. The molecule has 0 aliphatic carbocycles. The van der Waals surface area contributed by atoms with E-state index in [9.17, 15) is 0 Å². The highest BCUT2D eigenvalue weighted by molar-refractivity contribution is 6.27. The summed E-state index contributed by atoms with van der Waals surface area (Å²) < 4.78 is 34.2. The summed E-state index contributed by atoms with van der Waals surface area (Å²) in [4.78, 5) is 9.98. The van der Waals surface area contributed by atoms with Crippen LogP contribution in [-0.2, 0) is 0 Å². The summed E-state index contributed by atoms with van der Waals surface area (Å²) in [5, 5.41) is 4.10. The van der Waals surface area contributed by atoms with Gasteiger partial charge in [0, 0.05) is 36.7 Å². The van der Waals surface area contributed by atoms with Crippen LogP contribution in [0.4, 0.5) is 0 Å². The number of fused-ring (bicyclic) bond motifs is 8. The number of benzene rings is 6. The minimum absolute atomic E-state index is 0.0942. The molecule has 3 heterocycles. The van der Waals surface area contributed by atoms with Gasteiger partial charge in [0.2, 0.25) is 0 Å². The van der Waals surface area contributed by atoms with Crippen LogP contribution < -0.4 is 0 Å². The van der Waals surface area contributed by atoms with E-state index in [4.69, 9.17) is 13.5 Å². The average Bonchev–Trinajstić information content (AvgIpc) is 3.72. The lowest BCUT2D eigenvalue weighted by atomic mass is 9.88. The third-order valence-corrected chi connectivity index (χ3v) is 9.87. The summed E-state index contributed by atoms with van der Waals surface area (Å²) in [6.07, 6.45) is 0. The number of para-hydroxylation sites is 4. The fraction of sp³-hybridized carbons (Fsp3) is 0.156. The lowest BCUT2D eigenvalue weighted by Gasteiger charge is -2.24. The van der Waals surface area contributed by atoms with Crippen LogP contribution in [0.2, 0.25) is 0 Å². The van der Waals surface area contributed by atoms with E-state index in [2.05, 4.69) is 116 Å². The van der Waals surface area contributed by atoms with Crippen molar-refractivity contribution in [2.24, 2.45) is 0 Å². The van der Waals surface area contributed by atoms with Gasteiger partial charge in [0.25, 0.3) is 0 Å². The minimum atomic E-state index is -2.39. The van der Waals surface area contributed by atoms with Crippen molar-refractivity contribution in [1.29, 1.82) is 0 Å². The third kappa shape index (κ3) is 4.51. The quantitative estimate of drug-likeness (QED) is 0.176. The number of rotatable bonds is 5. The fourth-order valence-electron chi connectivity index (χ4n) is 7.55. The summed E-state index contributed by atoms with van der Waals surface area (Å²) in [5.41, 5.74) is 10.9. The largest absolute Gasteiger partial charge is 0.455 e. The van der Waals surface area contributed by atoms with E-state index >= 15 is 0 Å². The first-order chi connectivity index (χ1) is 25.1. The van der Waals surface area contributed by atoms with Gasteiger partial charge in [-0.3, -0.25) is 9.55 Å². The van der Waals surface area contributed by atoms with E-state index < -0.39 is 6.85 Å². The molecule has 49 heavy (non-hydrogen) atoms. The Bertz CT molecular complexity index is 2820. The number of hydrogen-bond acceptors (Lipinski definition) is 3. The summed E-state index contributed by atoms with van der Waals surface area (Å²) >= 11 is 0. The molecule has 4 nitrogen and oxygen atoms in total. The van der Waals surface area contributed by atoms with Gasteiger partial charge in [-0.05, 0) is 89.5 Å². The molecule has 3 aromatic heterocycles. The molecule has 6 aromatic carbocycles. The molecule has 238 valence electrons. The maximum atomic E-state index is 8.36. The van der Waals surface area contributed by atoms with E-state index in [0.717, 1.165) is 49.7 Å². The molecule has 0 unspecified atom stereocenters. The second kappa shape index (κ2) is 11.2. The molecule has 0 radical (unpaired) electrons. The Labute approximate surface area is 289 Å². The van der Waals surface area contributed by atoms with E-state index in [1.54, 1.807) is 0 Å². The molecule has 0 saturated heterocycles. The Hall–Kier alpha value is -5.74. The second-order valence-electron chi connectivity index (χ2n) is 13.6. The minimum Gasteiger partial charge on any atom is -0.455 e. The molecule has 0 aliphatic rings. The monoisotopic (exact) mass is 638 g/mol. The SMILES string of the molecule is [2H]C([2H])([2H])c1nc2ccccc2c2c1ccc1oc3c(-c4nc5ccccc5n4-c4c(C(C)C)cc(-c5ccccc5)cc4C(C)C)cccc3c12. The standard InChI is InChI=1S/C45H37N3O/c1-26(2)35-24-30(29-14-7-6-8-15-29)25-36(27(3)4)43(35)48-39-21-12-11-20-38(39)47-45(48)34-18-13-17-33-42-40(49-44(33)34)23-22-31-28(5)46-37-19-10-9-16-32(37)41(31)42/h6-27H,1-5H3/i5D3. The molecule has 0 bridgehead atoms. The van der Waals surface area contributed by atoms with Gasteiger partial charge in [-0.25, -0.2) is 4.98 Å². The molecule has 0 spiro atoms. The van der Waals surface area contributed by atoms with Crippen molar-refractivity contribution in [2.45, 2.75) is 46.4 Å². The van der Waals surface area contributed by atoms with Gasteiger partial charge in [-0.15, -0.1) is 0 Å². The van der Waals surface area contributed by atoms with Crippen molar-refractivity contribution in [3.63, 3.8) is 0 Å². The van der Waals surface area contributed by atoms with Crippen molar-refractivity contribution >= 4 is 54.6 Å². The van der Waals surface area contributed by atoms with E-state index in [-0.39, 0.29) is 17.5 Å². The van der Waals surface area contributed by atoms with Crippen molar-refractivity contribution < 1.29 is 8.53 Å². The van der Waals surface area contributed by atoms with Gasteiger partial charge in [0.05, 0.1) is 27.8 Å². The zero-order valence-electron chi connectivity index (χ0n) is 31.0. The summed E-state index contributed by atoms with van der Waals surface area (Å²) in [6, 6.07) is 41.3. The second-order valence-corrected chi connectivity index (χ2v) is 13.6. The van der Waals surface area contributed by atoms with E-state index in [1.807, 2.05) is 42.5 Å². The van der Waals surface area contributed by atoms with Crippen LogP contribution in [0.5, 0.6) is 0 Å². The molecule has 9 rings (SSSR count).